The molecule has 1 fully saturated rings. The third kappa shape index (κ3) is 3.73. The molecule has 94 valence electrons. The minimum absolute atomic E-state index is 0.188. The van der Waals surface area contributed by atoms with Crippen molar-refractivity contribution in [3.63, 3.8) is 0 Å². The van der Waals surface area contributed by atoms with Gasteiger partial charge in [0, 0.05) is 19.6 Å². The lowest BCUT2D eigenvalue weighted by Gasteiger charge is -2.33. The van der Waals surface area contributed by atoms with Gasteiger partial charge in [-0.25, -0.2) is 8.42 Å². The maximum atomic E-state index is 11.8. The molecule has 1 N–H and O–H groups in total. The second-order valence-corrected chi connectivity index (χ2v) is 6.38. The first-order valence-corrected chi connectivity index (χ1v) is 6.84. The van der Waals surface area contributed by atoms with Gasteiger partial charge in [-0.1, -0.05) is 13.8 Å². The molecule has 1 aliphatic rings. The van der Waals surface area contributed by atoms with Crippen molar-refractivity contribution >= 4 is 16.0 Å². The Morgan fingerprint density at radius 3 is 2.44 bits per heavy atom. The van der Waals surface area contributed by atoms with Crippen molar-refractivity contribution in [3.8, 4) is 0 Å². The van der Waals surface area contributed by atoms with Crippen molar-refractivity contribution in [2.24, 2.45) is 5.92 Å². The Labute approximate surface area is 95.9 Å². The van der Waals surface area contributed by atoms with Gasteiger partial charge in [-0.05, 0) is 5.92 Å². The first-order valence-electron chi connectivity index (χ1n) is 5.23. The van der Waals surface area contributed by atoms with E-state index in [9.17, 15) is 13.2 Å². The van der Waals surface area contributed by atoms with Crippen molar-refractivity contribution in [3.05, 3.63) is 0 Å². The molecule has 1 heterocycles. The van der Waals surface area contributed by atoms with Gasteiger partial charge in [0.05, 0.1) is 6.54 Å². The number of carbonyl (C=O) groups is 1. The van der Waals surface area contributed by atoms with Gasteiger partial charge in [0.15, 0.2) is 0 Å². The Balaban J connectivity index is 2.62. The third-order valence-electron chi connectivity index (χ3n) is 2.33. The van der Waals surface area contributed by atoms with Gasteiger partial charge in [0.2, 0.25) is 10.0 Å². The van der Waals surface area contributed by atoms with Crippen LogP contribution in [0.3, 0.4) is 0 Å². The third-order valence-corrected chi connectivity index (χ3v) is 4.14. The Morgan fingerprint density at radius 1 is 1.38 bits per heavy atom. The Morgan fingerprint density at radius 2 is 2.00 bits per heavy atom. The second-order valence-electron chi connectivity index (χ2n) is 4.44. The summed E-state index contributed by atoms with van der Waals surface area (Å²) in [6.07, 6.45) is 0. The number of aliphatic carboxylic acids is 1. The highest BCUT2D eigenvalue weighted by Crippen LogP contribution is 2.13. The predicted octanol–water partition coefficient (Wildman–Crippen LogP) is -0.368. The zero-order valence-corrected chi connectivity index (χ0v) is 10.4. The van der Waals surface area contributed by atoms with Crippen molar-refractivity contribution in [2.75, 3.05) is 32.1 Å². The van der Waals surface area contributed by atoms with Crippen LogP contribution in [-0.4, -0.2) is 60.8 Å². The number of nitrogens with zero attached hydrogens (tertiary/aromatic N) is 2. The molecule has 0 spiro atoms. The van der Waals surface area contributed by atoms with E-state index in [4.69, 9.17) is 5.11 Å². The maximum absolute atomic E-state index is 11.8. The second kappa shape index (κ2) is 5.11. The van der Waals surface area contributed by atoms with E-state index in [-0.39, 0.29) is 18.3 Å². The molecule has 16 heavy (non-hydrogen) atoms. The molecule has 0 saturated carbocycles. The lowest BCUT2D eigenvalue weighted by molar-refractivity contribution is -0.138. The van der Waals surface area contributed by atoms with Crippen LogP contribution in [0.2, 0.25) is 0 Å². The van der Waals surface area contributed by atoms with Crippen molar-refractivity contribution in [2.45, 2.75) is 13.8 Å². The summed E-state index contributed by atoms with van der Waals surface area (Å²) < 4.78 is 25.0. The molecule has 0 aromatic heterocycles. The molecule has 1 rings (SSSR count). The first kappa shape index (κ1) is 13.4. The number of hydrogen-bond donors (Lipinski definition) is 1. The molecule has 0 aromatic rings. The van der Waals surface area contributed by atoms with Gasteiger partial charge >= 0.3 is 5.97 Å². The molecule has 0 radical (unpaired) electrons. The van der Waals surface area contributed by atoms with Crippen molar-refractivity contribution in [1.29, 1.82) is 0 Å². The van der Waals surface area contributed by atoms with Crippen LogP contribution < -0.4 is 0 Å². The summed E-state index contributed by atoms with van der Waals surface area (Å²) in [5.74, 6) is -0.903. The minimum Gasteiger partial charge on any atom is -0.480 e. The number of sulfonamides is 1. The summed E-state index contributed by atoms with van der Waals surface area (Å²) in [5.41, 5.74) is 0. The van der Waals surface area contributed by atoms with E-state index in [1.54, 1.807) is 0 Å². The molecule has 6 nitrogen and oxygen atoms in total. The van der Waals surface area contributed by atoms with Crippen LogP contribution in [0, 0.1) is 5.92 Å². The molecule has 0 atom stereocenters. The predicted molar refractivity (Wildman–Crippen MR) is 59.4 cm³/mol. The monoisotopic (exact) mass is 250 g/mol. The highest BCUT2D eigenvalue weighted by Gasteiger charge is 2.31. The van der Waals surface area contributed by atoms with Crippen LogP contribution in [0.1, 0.15) is 13.8 Å². The summed E-state index contributed by atoms with van der Waals surface area (Å²) in [7, 11) is -3.32. The highest BCUT2D eigenvalue weighted by atomic mass is 32.2. The normalized spacial score (nSPS) is 22.4. The fraction of sp³-hybridized carbons (Fsp3) is 0.889. The Kier molecular flexibility index (Phi) is 4.28. The van der Waals surface area contributed by atoms with Crippen LogP contribution >= 0.6 is 0 Å². The molecule has 0 aliphatic carbocycles. The van der Waals surface area contributed by atoms with Crippen molar-refractivity contribution in [1.82, 2.24) is 9.21 Å². The average molecular weight is 250 g/mol. The van der Waals surface area contributed by atoms with Gasteiger partial charge in [-0.15, -0.1) is 0 Å². The highest BCUT2D eigenvalue weighted by molar-refractivity contribution is 7.89. The number of carboxylic acid groups (broad SMARTS) is 1. The Bertz CT molecular complexity index is 353. The zero-order chi connectivity index (χ0) is 12.3. The van der Waals surface area contributed by atoms with Gasteiger partial charge in [-0.2, -0.15) is 4.31 Å². The molecular weight excluding hydrogens is 232 g/mol. The lowest BCUT2D eigenvalue weighted by atomic mass is 10.2. The van der Waals surface area contributed by atoms with Crippen LogP contribution in [0.5, 0.6) is 0 Å². The summed E-state index contributed by atoms with van der Waals surface area (Å²) in [5, 5.41) is 8.60. The van der Waals surface area contributed by atoms with Gasteiger partial charge in [0.25, 0.3) is 0 Å². The molecule has 1 aliphatic heterocycles. The van der Waals surface area contributed by atoms with E-state index in [1.165, 1.54) is 9.21 Å². The summed E-state index contributed by atoms with van der Waals surface area (Å²) >= 11 is 0. The van der Waals surface area contributed by atoms with Gasteiger partial charge in [-0.3, -0.25) is 9.69 Å². The first-order chi connectivity index (χ1) is 7.31. The van der Waals surface area contributed by atoms with E-state index in [2.05, 4.69) is 0 Å². The van der Waals surface area contributed by atoms with Gasteiger partial charge < -0.3 is 5.11 Å². The smallest absolute Gasteiger partial charge is 0.317 e. The fourth-order valence-electron chi connectivity index (χ4n) is 1.70. The quantitative estimate of drug-likeness (QED) is 0.736. The van der Waals surface area contributed by atoms with E-state index < -0.39 is 16.0 Å². The molecule has 7 heteroatoms. The summed E-state index contributed by atoms with van der Waals surface area (Å²) in [6.45, 7) is 5.07. The molecule has 0 bridgehead atoms. The lowest BCUT2D eigenvalue weighted by Crippen LogP contribution is -2.51. The van der Waals surface area contributed by atoms with Crippen LogP contribution in [0.25, 0.3) is 0 Å². The fourth-order valence-corrected chi connectivity index (χ4v) is 3.43. The van der Waals surface area contributed by atoms with E-state index in [0.717, 1.165) is 0 Å². The number of hydrogen-bond acceptors (Lipinski definition) is 4. The largest absolute Gasteiger partial charge is 0.480 e. The Hall–Kier alpha value is -0.660. The topological polar surface area (TPSA) is 77.9 Å². The zero-order valence-electron chi connectivity index (χ0n) is 9.59. The van der Waals surface area contributed by atoms with Crippen molar-refractivity contribution < 1.29 is 18.3 Å². The minimum atomic E-state index is -3.32. The van der Waals surface area contributed by atoms with Gasteiger partial charge in [0.1, 0.15) is 5.88 Å². The summed E-state index contributed by atoms with van der Waals surface area (Å²) in [4.78, 5) is 11.9. The van der Waals surface area contributed by atoms with Crippen LogP contribution in [0.4, 0.5) is 0 Å². The molecule has 0 aromatic carbocycles. The molecular formula is C9H18N2O4S. The van der Waals surface area contributed by atoms with E-state index in [1.807, 2.05) is 13.8 Å². The van der Waals surface area contributed by atoms with Crippen LogP contribution in [0.15, 0.2) is 0 Å². The maximum Gasteiger partial charge on any atom is 0.317 e. The summed E-state index contributed by atoms with van der Waals surface area (Å²) in [6, 6.07) is 0. The van der Waals surface area contributed by atoms with Crippen LogP contribution in [-0.2, 0) is 14.8 Å². The van der Waals surface area contributed by atoms with E-state index >= 15 is 0 Å². The molecule has 1 saturated heterocycles. The number of carboxylic acids is 1. The van der Waals surface area contributed by atoms with E-state index in [0.29, 0.717) is 19.6 Å². The average Bonchev–Trinajstić information content (AvgIpc) is 2.07. The standard InChI is InChI=1S/C9H18N2O4S/c1-8(2)5-11-4-3-10(6-9(12)13)7-16(11,14)15/h8H,3-7H2,1-2H3,(H,12,13). The molecule has 0 amide bonds. The number of rotatable bonds is 4. The molecule has 0 unspecified atom stereocenters. The SMILES string of the molecule is CC(C)CN1CCN(CC(=O)O)CS1(=O)=O.